The standard InChI is InChI=1S/C16H25NO2/c1-5-6-11-15(16(18)19-4)17-13(3)14-10-8-7-9-12(14)2/h7-10,13,15,17H,5-6,11H2,1-4H3/t13-,15?/m1/s1. The molecule has 106 valence electrons. The number of aryl methyl sites for hydroxylation is 1. The van der Waals surface area contributed by atoms with Crippen molar-refractivity contribution in [2.24, 2.45) is 0 Å². The van der Waals surface area contributed by atoms with Crippen LogP contribution in [-0.2, 0) is 9.53 Å². The highest BCUT2D eigenvalue weighted by Crippen LogP contribution is 2.18. The monoisotopic (exact) mass is 263 g/mol. The molecule has 0 fully saturated rings. The molecule has 19 heavy (non-hydrogen) atoms. The van der Waals surface area contributed by atoms with Crippen molar-refractivity contribution >= 4 is 5.97 Å². The third kappa shape index (κ3) is 4.67. The minimum atomic E-state index is -0.223. The van der Waals surface area contributed by atoms with Gasteiger partial charge in [0.05, 0.1) is 7.11 Å². The van der Waals surface area contributed by atoms with Gasteiger partial charge in [0, 0.05) is 6.04 Å². The second kappa shape index (κ2) is 7.95. The van der Waals surface area contributed by atoms with Gasteiger partial charge < -0.3 is 4.74 Å². The zero-order valence-electron chi connectivity index (χ0n) is 12.4. The zero-order valence-corrected chi connectivity index (χ0v) is 12.4. The minimum absolute atomic E-state index is 0.141. The SMILES string of the molecule is CCCCC(N[C@H](C)c1ccccc1C)C(=O)OC. The Morgan fingerprint density at radius 2 is 2.05 bits per heavy atom. The molecule has 0 aliphatic heterocycles. The lowest BCUT2D eigenvalue weighted by molar-refractivity contribution is -0.143. The van der Waals surface area contributed by atoms with Gasteiger partial charge in [0.25, 0.3) is 0 Å². The quantitative estimate of drug-likeness (QED) is 0.766. The van der Waals surface area contributed by atoms with E-state index >= 15 is 0 Å². The van der Waals surface area contributed by atoms with Crippen molar-refractivity contribution < 1.29 is 9.53 Å². The molecule has 0 aliphatic carbocycles. The summed E-state index contributed by atoms with van der Waals surface area (Å²) in [5.74, 6) is -0.172. The van der Waals surface area contributed by atoms with Gasteiger partial charge in [0.15, 0.2) is 0 Å². The first-order valence-electron chi connectivity index (χ1n) is 6.99. The van der Waals surface area contributed by atoms with Gasteiger partial charge in [-0.05, 0) is 31.4 Å². The largest absolute Gasteiger partial charge is 0.468 e. The number of benzene rings is 1. The molecular weight excluding hydrogens is 238 g/mol. The molecule has 0 saturated carbocycles. The molecule has 1 aromatic carbocycles. The number of esters is 1. The van der Waals surface area contributed by atoms with Gasteiger partial charge >= 0.3 is 5.97 Å². The lowest BCUT2D eigenvalue weighted by atomic mass is 10.0. The second-order valence-corrected chi connectivity index (χ2v) is 4.96. The average molecular weight is 263 g/mol. The fourth-order valence-corrected chi connectivity index (χ4v) is 2.28. The molecule has 0 spiro atoms. The third-order valence-electron chi connectivity index (χ3n) is 3.44. The molecule has 0 bridgehead atoms. The Morgan fingerprint density at radius 1 is 1.37 bits per heavy atom. The van der Waals surface area contributed by atoms with Gasteiger partial charge in [-0.15, -0.1) is 0 Å². The molecule has 2 atom stereocenters. The molecule has 0 radical (unpaired) electrons. The van der Waals surface area contributed by atoms with Crippen LogP contribution in [0.15, 0.2) is 24.3 Å². The lowest BCUT2D eigenvalue weighted by Crippen LogP contribution is -2.39. The maximum atomic E-state index is 11.8. The van der Waals surface area contributed by atoms with E-state index in [9.17, 15) is 4.79 Å². The first-order valence-corrected chi connectivity index (χ1v) is 6.99. The summed E-state index contributed by atoms with van der Waals surface area (Å²) in [7, 11) is 1.45. The number of carbonyl (C=O) groups is 1. The van der Waals surface area contributed by atoms with Gasteiger partial charge in [-0.25, -0.2) is 0 Å². The fraction of sp³-hybridized carbons (Fsp3) is 0.562. The average Bonchev–Trinajstić information content (AvgIpc) is 2.42. The van der Waals surface area contributed by atoms with E-state index in [1.54, 1.807) is 0 Å². The number of hydrogen-bond donors (Lipinski definition) is 1. The zero-order chi connectivity index (χ0) is 14.3. The van der Waals surface area contributed by atoms with Crippen LogP contribution in [0.4, 0.5) is 0 Å². The molecule has 0 saturated heterocycles. The van der Waals surface area contributed by atoms with Gasteiger partial charge in [-0.2, -0.15) is 0 Å². The molecule has 1 rings (SSSR count). The molecule has 1 N–H and O–H groups in total. The lowest BCUT2D eigenvalue weighted by Gasteiger charge is -2.22. The van der Waals surface area contributed by atoms with Crippen LogP contribution in [0.2, 0.25) is 0 Å². The van der Waals surface area contributed by atoms with Gasteiger partial charge in [0.1, 0.15) is 6.04 Å². The maximum absolute atomic E-state index is 11.8. The van der Waals surface area contributed by atoms with E-state index in [2.05, 4.69) is 38.2 Å². The number of rotatable bonds is 7. The summed E-state index contributed by atoms with van der Waals surface area (Å²) in [4.78, 5) is 11.8. The summed E-state index contributed by atoms with van der Waals surface area (Å²) in [6, 6.07) is 8.16. The Labute approximate surface area is 116 Å². The molecule has 1 aromatic rings. The molecule has 0 aliphatic rings. The van der Waals surface area contributed by atoms with Gasteiger partial charge in [-0.1, -0.05) is 44.0 Å². The number of unbranched alkanes of at least 4 members (excludes halogenated alkanes) is 1. The first kappa shape index (κ1) is 15.7. The minimum Gasteiger partial charge on any atom is -0.468 e. The Hall–Kier alpha value is -1.35. The van der Waals surface area contributed by atoms with E-state index in [4.69, 9.17) is 4.74 Å². The van der Waals surface area contributed by atoms with Gasteiger partial charge in [0.2, 0.25) is 0 Å². The van der Waals surface area contributed by atoms with E-state index in [0.29, 0.717) is 0 Å². The topological polar surface area (TPSA) is 38.3 Å². The highest BCUT2D eigenvalue weighted by Gasteiger charge is 2.21. The third-order valence-corrected chi connectivity index (χ3v) is 3.44. The maximum Gasteiger partial charge on any atom is 0.322 e. The van der Waals surface area contributed by atoms with Crippen molar-refractivity contribution in [3.63, 3.8) is 0 Å². The smallest absolute Gasteiger partial charge is 0.322 e. The van der Waals surface area contributed by atoms with E-state index in [1.807, 2.05) is 12.1 Å². The van der Waals surface area contributed by atoms with Crippen LogP contribution in [0.25, 0.3) is 0 Å². The van der Waals surface area contributed by atoms with Crippen molar-refractivity contribution in [2.45, 2.75) is 52.1 Å². The Morgan fingerprint density at radius 3 is 2.63 bits per heavy atom. The normalized spacial score (nSPS) is 13.9. The van der Waals surface area contributed by atoms with Crippen molar-refractivity contribution in [3.8, 4) is 0 Å². The van der Waals surface area contributed by atoms with E-state index in [-0.39, 0.29) is 18.1 Å². The molecule has 3 heteroatoms. The van der Waals surface area contributed by atoms with Crippen LogP contribution in [0.5, 0.6) is 0 Å². The number of methoxy groups -OCH3 is 1. The summed E-state index contributed by atoms with van der Waals surface area (Å²) in [5.41, 5.74) is 2.47. The number of nitrogens with one attached hydrogen (secondary N) is 1. The van der Waals surface area contributed by atoms with Crippen LogP contribution in [0, 0.1) is 6.92 Å². The molecule has 0 amide bonds. The van der Waals surface area contributed by atoms with E-state index in [1.165, 1.54) is 18.2 Å². The predicted octanol–water partition coefficient (Wildman–Crippen LogP) is 3.38. The number of hydrogen-bond acceptors (Lipinski definition) is 3. The summed E-state index contributed by atoms with van der Waals surface area (Å²) < 4.78 is 4.87. The van der Waals surface area contributed by atoms with Crippen LogP contribution < -0.4 is 5.32 Å². The van der Waals surface area contributed by atoms with E-state index in [0.717, 1.165) is 19.3 Å². The Bertz CT molecular complexity index is 403. The van der Waals surface area contributed by atoms with Crippen molar-refractivity contribution in [1.82, 2.24) is 5.32 Å². The highest BCUT2D eigenvalue weighted by molar-refractivity contribution is 5.75. The van der Waals surface area contributed by atoms with Crippen molar-refractivity contribution in [3.05, 3.63) is 35.4 Å². The molecule has 0 heterocycles. The first-order chi connectivity index (χ1) is 9.10. The van der Waals surface area contributed by atoms with Crippen LogP contribution in [0.3, 0.4) is 0 Å². The molecule has 0 aromatic heterocycles. The van der Waals surface area contributed by atoms with Crippen molar-refractivity contribution in [2.75, 3.05) is 7.11 Å². The van der Waals surface area contributed by atoms with Crippen LogP contribution in [0.1, 0.15) is 50.3 Å². The molecular formula is C16H25NO2. The molecule has 1 unspecified atom stereocenters. The van der Waals surface area contributed by atoms with E-state index < -0.39 is 0 Å². The summed E-state index contributed by atoms with van der Waals surface area (Å²) in [5, 5.41) is 3.39. The van der Waals surface area contributed by atoms with Crippen LogP contribution >= 0.6 is 0 Å². The van der Waals surface area contributed by atoms with Crippen molar-refractivity contribution in [1.29, 1.82) is 0 Å². The second-order valence-electron chi connectivity index (χ2n) is 4.96. The summed E-state index contributed by atoms with van der Waals surface area (Å²) >= 11 is 0. The van der Waals surface area contributed by atoms with Gasteiger partial charge in [-0.3, -0.25) is 10.1 Å². The highest BCUT2D eigenvalue weighted by atomic mass is 16.5. The number of carbonyl (C=O) groups excluding carboxylic acids is 1. The number of ether oxygens (including phenoxy) is 1. The summed E-state index contributed by atoms with van der Waals surface area (Å²) in [6.45, 7) is 6.30. The summed E-state index contributed by atoms with van der Waals surface area (Å²) in [6.07, 6.45) is 2.92. The Kier molecular flexibility index (Phi) is 6.57. The van der Waals surface area contributed by atoms with Crippen LogP contribution in [-0.4, -0.2) is 19.1 Å². The predicted molar refractivity (Wildman–Crippen MR) is 78.1 cm³/mol. The fourth-order valence-electron chi connectivity index (χ4n) is 2.28. The molecule has 3 nitrogen and oxygen atoms in total. The Balaban J connectivity index is 2.72.